The molecular weight excluding hydrogens is 423 g/mol. The molecule has 0 bridgehead atoms. The molecule has 0 atom stereocenters. The van der Waals surface area contributed by atoms with Crippen molar-refractivity contribution < 1.29 is 9.90 Å². The first-order valence-corrected chi connectivity index (χ1v) is 7.20. The molecule has 2 rings (SSSR count). The van der Waals surface area contributed by atoms with Crippen LogP contribution in [-0.4, -0.2) is 11.1 Å². The second-order valence-electron chi connectivity index (χ2n) is 3.83. The first kappa shape index (κ1) is 14.1. The van der Waals surface area contributed by atoms with E-state index in [1.807, 2.05) is 18.2 Å². The van der Waals surface area contributed by atoms with Crippen LogP contribution in [0.2, 0.25) is 0 Å². The van der Waals surface area contributed by atoms with Crippen molar-refractivity contribution in [3.63, 3.8) is 0 Å². The van der Waals surface area contributed by atoms with Gasteiger partial charge in [0.05, 0.1) is 16.9 Å². The van der Waals surface area contributed by atoms with E-state index in [4.69, 9.17) is 10.8 Å². The topological polar surface area (TPSA) is 75.4 Å². The fourth-order valence-electron chi connectivity index (χ4n) is 1.61. The number of rotatable bonds is 3. The predicted molar refractivity (Wildman–Crippen MR) is 88.0 cm³/mol. The molecule has 98 valence electrons. The van der Waals surface area contributed by atoms with E-state index in [0.717, 1.165) is 13.7 Å². The normalized spacial score (nSPS) is 10.2. The molecule has 0 saturated heterocycles. The van der Waals surface area contributed by atoms with Crippen molar-refractivity contribution in [1.29, 1.82) is 0 Å². The Morgan fingerprint density at radius 3 is 2.68 bits per heavy atom. The maximum atomic E-state index is 11.2. The van der Waals surface area contributed by atoms with Crippen LogP contribution in [0.3, 0.4) is 0 Å². The molecule has 0 aromatic heterocycles. The van der Waals surface area contributed by atoms with Gasteiger partial charge in [-0.1, -0.05) is 6.07 Å². The summed E-state index contributed by atoms with van der Waals surface area (Å²) in [6.07, 6.45) is 0. The Morgan fingerprint density at radius 2 is 2.05 bits per heavy atom. The Bertz CT molecular complexity index is 647. The molecule has 19 heavy (non-hydrogen) atoms. The van der Waals surface area contributed by atoms with Crippen LogP contribution < -0.4 is 11.1 Å². The molecule has 0 heterocycles. The number of aromatic carboxylic acids is 1. The van der Waals surface area contributed by atoms with E-state index in [0.29, 0.717) is 11.4 Å². The summed E-state index contributed by atoms with van der Waals surface area (Å²) in [6.45, 7) is 0. The molecule has 6 heteroatoms. The Hall–Kier alpha value is -1.28. The number of carboxylic acids is 1. The lowest BCUT2D eigenvalue weighted by Crippen LogP contribution is -2.05. The smallest absolute Gasteiger partial charge is 0.337 e. The lowest BCUT2D eigenvalue weighted by atomic mass is 10.1. The number of hydrogen-bond donors (Lipinski definition) is 3. The summed E-state index contributed by atoms with van der Waals surface area (Å²) >= 11 is 5.63. The molecule has 0 fully saturated rings. The average molecular weight is 433 g/mol. The molecule has 4 nitrogen and oxygen atoms in total. The minimum atomic E-state index is -1.01. The predicted octanol–water partition coefficient (Wildman–Crippen LogP) is 4.08. The molecule has 2 aromatic carbocycles. The maximum absolute atomic E-state index is 11.2. The van der Waals surface area contributed by atoms with Crippen LogP contribution >= 0.6 is 38.5 Å². The van der Waals surface area contributed by atoms with Crippen LogP contribution in [0.5, 0.6) is 0 Å². The second-order valence-corrected chi connectivity index (χ2v) is 5.85. The van der Waals surface area contributed by atoms with Gasteiger partial charge in [-0.25, -0.2) is 4.79 Å². The number of nitrogens with two attached hydrogens (primary N) is 1. The van der Waals surface area contributed by atoms with Gasteiger partial charge in [0.25, 0.3) is 0 Å². The van der Waals surface area contributed by atoms with Crippen molar-refractivity contribution in [1.82, 2.24) is 0 Å². The number of para-hydroxylation sites is 1. The van der Waals surface area contributed by atoms with Crippen molar-refractivity contribution >= 4 is 61.6 Å². The summed E-state index contributed by atoms with van der Waals surface area (Å²) < 4.78 is 2.01. The van der Waals surface area contributed by atoms with Crippen molar-refractivity contribution in [2.45, 2.75) is 0 Å². The summed E-state index contributed by atoms with van der Waals surface area (Å²) in [7, 11) is 0. The van der Waals surface area contributed by atoms with Crippen LogP contribution in [0.1, 0.15) is 10.4 Å². The zero-order chi connectivity index (χ0) is 14.0. The summed E-state index contributed by atoms with van der Waals surface area (Å²) in [5, 5.41) is 12.2. The van der Waals surface area contributed by atoms with Gasteiger partial charge in [-0.3, -0.25) is 0 Å². The molecule has 0 aliphatic carbocycles. The average Bonchev–Trinajstić information content (AvgIpc) is 2.36. The zero-order valence-corrected chi connectivity index (χ0v) is 13.4. The highest BCUT2D eigenvalue weighted by atomic mass is 127. The minimum Gasteiger partial charge on any atom is -0.478 e. The molecule has 0 aliphatic rings. The lowest BCUT2D eigenvalue weighted by Gasteiger charge is -2.12. The van der Waals surface area contributed by atoms with E-state index in [2.05, 4.69) is 43.8 Å². The number of nitrogen functional groups attached to an aromatic ring is 1. The van der Waals surface area contributed by atoms with Crippen molar-refractivity contribution in [3.8, 4) is 0 Å². The highest BCUT2D eigenvalue weighted by Gasteiger charge is 2.13. The fourth-order valence-corrected chi connectivity index (χ4v) is 2.32. The molecule has 0 spiro atoms. The molecule has 2 aromatic rings. The third-order valence-electron chi connectivity index (χ3n) is 2.52. The van der Waals surface area contributed by atoms with Gasteiger partial charge in [0.1, 0.15) is 0 Å². The number of anilines is 3. The largest absolute Gasteiger partial charge is 0.478 e. The van der Waals surface area contributed by atoms with Gasteiger partial charge in [-0.05, 0) is 68.9 Å². The molecule has 0 saturated carbocycles. The van der Waals surface area contributed by atoms with E-state index in [1.54, 1.807) is 12.1 Å². The highest BCUT2D eigenvalue weighted by molar-refractivity contribution is 14.1. The van der Waals surface area contributed by atoms with E-state index < -0.39 is 5.97 Å². The number of hydrogen-bond acceptors (Lipinski definition) is 3. The lowest BCUT2D eigenvalue weighted by molar-refractivity contribution is 0.0698. The maximum Gasteiger partial charge on any atom is 0.337 e. The first-order chi connectivity index (χ1) is 8.99. The molecule has 0 unspecified atom stereocenters. The van der Waals surface area contributed by atoms with E-state index >= 15 is 0 Å². The Balaban J connectivity index is 2.42. The van der Waals surface area contributed by atoms with Crippen molar-refractivity contribution in [2.24, 2.45) is 0 Å². The van der Waals surface area contributed by atoms with Crippen LogP contribution in [0.25, 0.3) is 0 Å². The number of nitrogens with one attached hydrogen (secondary N) is 1. The summed E-state index contributed by atoms with van der Waals surface area (Å²) in [6, 6.07) is 10.5. The van der Waals surface area contributed by atoms with Gasteiger partial charge in [-0.2, -0.15) is 0 Å². The Kier molecular flexibility index (Phi) is 4.31. The van der Waals surface area contributed by atoms with Gasteiger partial charge in [-0.15, -0.1) is 0 Å². The minimum absolute atomic E-state index is 0.148. The third kappa shape index (κ3) is 3.19. The van der Waals surface area contributed by atoms with Crippen LogP contribution in [0.15, 0.2) is 40.9 Å². The number of benzene rings is 2. The van der Waals surface area contributed by atoms with Gasteiger partial charge in [0, 0.05) is 13.7 Å². The molecule has 0 radical (unpaired) electrons. The van der Waals surface area contributed by atoms with Crippen LogP contribution in [0, 0.1) is 3.57 Å². The van der Waals surface area contributed by atoms with Crippen molar-refractivity contribution in [2.75, 3.05) is 11.1 Å². The Labute approximate surface area is 132 Å². The van der Waals surface area contributed by atoms with Crippen LogP contribution in [-0.2, 0) is 0 Å². The van der Waals surface area contributed by atoms with Gasteiger partial charge < -0.3 is 16.2 Å². The third-order valence-corrected chi connectivity index (χ3v) is 4.85. The van der Waals surface area contributed by atoms with Gasteiger partial charge in [0.15, 0.2) is 0 Å². The molecule has 4 N–H and O–H groups in total. The van der Waals surface area contributed by atoms with Gasteiger partial charge >= 0.3 is 5.97 Å². The quantitative estimate of drug-likeness (QED) is 0.504. The standard InChI is InChI=1S/C13H10BrIN2O2/c14-9-6-7(4-5-10(9)15)17-12-8(13(18)19)2-1-3-11(12)16/h1-6,17H,16H2,(H,18,19). The van der Waals surface area contributed by atoms with Gasteiger partial charge in [0.2, 0.25) is 0 Å². The molecular formula is C13H10BrIN2O2. The van der Waals surface area contributed by atoms with E-state index in [1.165, 1.54) is 6.07 Å². The Morgan fingerprint density at radius 1 is 1.32 bits per heavy atom. The second kappa shape index (κ2) is 5.79. The van der Waals surface area contributed by atoms with E-state index in [9.17, 15) is 4.79 Å². The summed E-state index contributed by atoms with van der Waals surface area (Å²) in [5.74, 6) is -1.01. The summed E-state index contributed by atoms with van der Waals surface area (Å²) in [5.41, 5.74) is 7.56. The monoisotopic (exact) mass is 432 g/mol. The summed E-state index contributed by atoms with van der Waals surface area (Å²) in [4.78, 5) is 11.2. The zero-order valence-electron chi connectivity index (χ0n) is 9.65. The molecule has 0 amide bonds. The fraction of sp³-hybridized carbons (Fsp3) is 0. The highest BCUT2D eigenvalue weighted by Crippen LogP contribution is 2.30. The van der Waals surface area contributed by atoms with Crippen LogP contribution in [0.4, 0.5) is 17.1 Å². The first-order valence-electron chi connectivity index (χ1n) is 5.33. The van der Waals surface area contributed by atoms with E-state index in [-0.39, 0.29) is 5.56 Å². The van der Waals surface area contributed by atoms with Crippen molar-refractivity contribution in [3.05, 3.63) is 50.0 Å². The molecule has 0 aliphatic heterocycles. The SMILES string of the molecule is Nc1cccc(C(=O)O)c1Nc1ccc(I)c(Br)c1. The number of carboxylic acid groups (broad SMARTS) is 1. The number of halogens is 2. The number of carbonyl (C=O) groups is 1.